The molecular weight excluding hydrogens is 284 g/mol. The Kier molecular flexibility index (Phi) is 3.52. The normalized spacial score (nSPS) is 24.4. The monoisotopic (exact) mass is 300 g/mol. The van der Waals surface area contributed by atoms with Gasteiger partial charge in [0.25, 0.3) is 17.7 Å². The van der Waals surface area contributed by atoms with Crippen LogP contribution in [0.25, 0.3) is 0 Å². The average Bonchev–Trinajstić information content (AvgIpc) is 3.00. The summed E-state index contributed by atoms with van der Waals surface area (Å²) in [6.45, 7) is 1.70. The van der Waals surface area contributed by atoms with E-state index >= 15 is 0 Å². The third-order valence-electron chi connectivity index (χ3n) is 4.18. The van der Waals surface area contributed by atoms with Gasteiger partial charge in [-0.25, -0.2) is 0 Å². The molecule has 2 saturated heterocycles. The molecule has 0 aliphatic carbocycles. The highest BCUT2D eigenvalue weighted by molar-refractivity contribution is 6.18. The van der Waals surface area contributed by atoms with Crippen LogP contribution >= 0.6 is 0 Å². The molecule has 0 N–H and O–H groups in total. The van der Waals surface area contributed by atoms with Gasteiger partial charge in [-0.05, 0) is 31.9 Å². The number of hydrogen-bond acceptors (Lipinski definition) is 4. The first-order valence-electron chi connectivity index (χ1n) is 7.25. The molecule has 2 atom stereocenters. The van der Waals surface area contributed by atoms with Crippen LogP contribution in [0.1, 0.15) is 30.1 Å². The molecule has 3 amide bonds. The van der Waals surface area contributed by atoms with Crippen LogP contribution in [-0.2, 0) is 14.4 Å². The Hall–Kier alpha value is -2.50. The maximum absolute atomic E-state index is 12.6. The van der Waals surface area contributed by atoms with Crippen LogP contribution in [0.2, 0.25) is 0 Å². The van der Waals surface area contributed by atoms with E-state index in [4.69, 9.17) is 0 Å². The summed E-state index contributed by atoms with van der Waals surface area (Å²) in [5.74, 6) is -1.98. The SMILES string of the molecule is CC(=O)C1C(=O)N2CCC[C@H]2C(=O)N1C(=O)c1ccccc1. The number of piperazine rings is 1. The zero-order valence-electron chi connectivity index (χ0n) is 12.2. The molecule has 0 saturated carbocycles. The molecule has 2 aliphatic rings. The molecule has 0 spiro atoms. The van der Waals surface area contributed by atoms with Gasteiger partial charge in [-0.2, -0.15) is 0 Å². The quantitative estimate of drug-likeness (QED) is 0.592. The van der Waals surface area contributed by atoms with Gasteiger partial charge < -0.3 is 4.90 Å². The van der Waals surface area contributed by atoms with Crippen molar-refractivity contribution in [2.75, 3.05) is 6.54 Å². The number of nitrogens with zero attached hydrogens (tertiary/aromatic N) is 2. The second kappa shape index (κ2) is 5.36. The summed E-state index contributed by atoms with van der Waals surface area (Å²) in [5.41, 5.74) is 0.293. The van der Waals surface area contributed by atoms with Crippen LogP contribution < -0.4 is 0 Å². The van der Waals surface area contributed by atoms with Crippen LogP contribution in [0.15, 0.2) is 30.3 Å². The van der Waals surface area contributed by atoms with Crippen LogP contribution in [0.3, 0.4) is 0 Å². The van der Waals surface area contributed by atoms with Gasteiger partial charge >= 0.3 is 0 Å². The summed E-state index contributed by atoms with van der Waals surface area (Å²) < 4.78 is 0. The van der Waals surface area contributed by atoms with Crippen molar-refractivity contribution in [3.8, 4) is 0 Å². The first kappa shape index (κ1) is 14.4. The molecule has 0 aromatic heterocycles. The van der Waals surface area contributed by atoms with Crippen molar-refractivity contribution in [3.05, 3.63) is 35.9 Å². The Morgan fingerprint density at radius 3 is 2.41 bits per heavy atom. The largest absolute Gasteiger partial charge is 0.328 e. The summed E-state index contributed by atoms with van der Waals surface area (Å²) in [4.78, 5) is 52.0. The van der Waals surface area contributed by atoms with E-state index in [2.05, 4.69) is 0 Å². The Morgan fingerprint density at radius 2 is 1.77 bits per heavy atom. The van der Waals surface area contributed by atoms with Crippen molar-refractivity contribution < 1.29 is 19.2 Å². The summed E-state index contributed by atoms with van der Waals surface area (Å²) in [6.07, 6.45) is 1.24. The standard InChI is InChI=1S/C16H16N2O4/c1-10(19)13-16(22)17-9-5-8-12(17)15(21)18(13)14(20)11-6-3-2-4-7-11/h2-4,6-7,12-13H,5,8-9H2,1H3/t12-,13?/m0/s1. The Bertz CT molecular complexity index is 655. The maximum atomic E-state index is 12.6. The van der Waals surface area contributed by atoms with E-state index < -0.39 is 35.6 Å². The molecule has 0 radical (unpaired) electrons. The number of carbonyl (C=O) groups excluding carboxylic acids is 4. The van der Waals surface area contributed by atoms with E-state index in [9.17, 15) is 19.2 Å². The smallest absolute Gasteiger partial charge is 0.261 e. The Balaban J connectivity index is 2.02. The first-order chi connectivity index (χ1) is 10.5. The van der Waals surface area contributed by atoms with E-state index in [-0.39, 0.29) is 0 Å². The van der Waals surface area contributed by atoms with Crippen molar-refractivity contribution in [1.29, 1.82) is 0 Å². The van der Waals surface area contributed by atoms with Gasteiger partial charge in [0.15, 0.2) is 11.8 Å². The Labute approximate surface area is 127 Å². The maximum Gasteiger partial charge on any atom is 0.261 e. The van der Waals surface area contributed by atoms with Crippen LogP contribution in [0.5, 0.6) is 0 Å². The van der Waals surface area contributed by atoms with Gasteiger partial charge in [0.1, 0.15) is 6.04 Å². The van der Waals surface area contributed by atoms with Gasteiger partial charge in [-0.1, -0.05) is 18.2 Å². The van der Waals surface area contributed by atoms with Crippen LogP contribution in [0.4, 0.5) is 0 Å². The second-order valence-electron chi connectivity index (χ2n) is 5.58. The summed E-state index contributed by atoms with van der Waals surface area (Å²) in [5, 5.41) is 0. The zero-order chi connectivity index (χ0) is 15.9. The van der Waals surface area contributed by atoms with E-state index in [1.54, 1.807) is 30.3 Å². The lowest BCUT2D eigenvalue weighted by atomic mass is 10.0. The summed E-state index contributed by atoms with van der Waals surface area (Å²) >= 11 is 0. The van der Waals surface area contributed by atoms with Crippen molar-refractivity contribution in [1.82, 2.24) is 9.80 Å². The van der Waals surface area contributed by atoms with Crippen molar-refractivity contribution in [3.63, 3.8) is 0 Å². The molecule has 6 nitrogen and oxygen atoms in total. The molecule has 6 heteroatoms. The van der Waals surface area contributed by atoms with Gasteiger partial charge in [0.2, 0.25) is 0 Å². The molecule has 1 unspecified atom stereocenters. The molecule has 22 heavy (non-hydrogen) atoms. The molecule has 2 fully saturated rings. The van der Waals surface area contributed by atoms with Crippen molar-refractivity contribution >= 4 is 23.5 Å². The van der Waals surface area contributed by atoms with Crippen LogP contribution in [0, 0.1) is 0 Å². The molecule has 3 rings (SSSR count). The fourth-order valence-electron chi connectivity index (χ4n) is 3.14. The molecular formula is C16H16N2O4. The third-order valence-corrected chi connectivity index (χ3v) is 4.18. The fraction of sp³-hybridized carbons (Fsp3) is 0.375. The van der Waals surface area contributed by atoms with Gasteiger partial charge in [-0.3, -0.25) is 24.1 Å². The molecule has 0 bridgehead atoms. The van der Waals surface area contributed by atoms with E-state index in [1.165, 1.54) is 11.8 Å². The van der Waals surface area contributed by atoms with Crippen LogP contribution in [-0.4, -0.2) is 51.9 Å². The number of hydrogen-bond donors (Lipinski definition) is 0. The number of carbonyl (C=O) groups is 4. The Morgan fingerprint density at radius 1 is 1.09 bits per heavy atom. The van der Waals surface area contributed by atoms with E-state index in [1.807, 2.05) is 0 Å². The minimum atomic E-state index is -1.34. The number of amides is 3. The zero-order valence-corrected chi connectivity index (χ0v) is 12.2. The molecule has 2 aliphatic heterocycles. The highest BCUT2D eigenvalue weighted by Crippen LogP contribution is 2.28. The lowest BCUT2D eigenvalue weighted by Gasteiger charge is -2.39. The van der Waals surface area contributed by atoms with Crippen molar-refractivity contribution in [2.24, 2.45) is 0 Å². The lowest BCUT2D eigenvalue weighted by molar-refractivity contribution is -0.159. The molecule has 2 heterocycles. The predicted molar refractivity (Wildman–Crippen MR) is 76.8 cm³/mol. The van der Waals surface area contributed by atoms with E-state index in [0.29, 0.717) is 24.9 Å². The number of Topliss-reactive ketones (excluding diaryl/α,β-unsaturated/α-hetero) is 1. The lowest BCUT2D eigenvalue weighted by Crippen LogP contribution is -2.66. The van der Waals surface area contributed by atoms with Gasteiger partial charge in [0.05, 0.1) is 0 Å². The topological polar surface area (TPSA) is 74.8 Å². The van der Waals surface area contributed by atoms with Gasteiger partial charge in [0, 0.05) is 12.1 Å². The average molecular weight is 300 g/mol. The molecule has 114 valence electrons. The molecule has 1 aromatic rings. The summed E-state index contributed by atoms with van der Waals surface area (Å²) in [7, 11) is 0. The molecule has 1 aromatic carbocycles. The number of benzene rings is 1. The van der Waals surface area contributed by atoms with Crippen molar-refractivity contribution in [2.45, 2.75) is 31.8 Å². The number of fused-ring (bicyclic) bond motifs is 1. The summed E-state index contributed by atoms with van der Waals surface area (Å²) in [6, 6.07) is 6.28. The highest BCUT2D eigenvalue weighted by atomic mass is 16.2. The minimum Gasteiger partial charge on any atom is -0.328 e. The fourth-order valence-corrected chi connectivity index (χ4v) is 3.14. The first-order valence-corrected chi connectivity index (χ1v) is 7.25. The highest BCUT2D eigenvalue weighted by Gasteiger charge is 2.51. The number of imide groups is 1. The minimum absolute atomic E-state index is 0.293. The predicted octanol–water partition coefficient (Wildman–Crippen LogP) is 0.618. The number of rotatable bonds is 2. The van der Waals surface area contributed by atoms with Gasteiger partial charge in [-0.15, -0.1) is 0 Å². The van der Waals surface area contributed by atoms with E-state index in [0.717, 1.165) is 4.90 Å². The second-order valence-corrected chi connectivity index (χ2v) is 5.58. The third kappa shape index (κ3) is 2.11. The number of ketones is 1.